The molecule has 0 radical (unpaired) electrons. The van der Waals surface area contributed by atoms with E-state index in [0.29, 0.717) is 5.92 Å². The zero-order valence-corrected chi connectivity index (χ0v) is 14.0. The third-order valence-corrected chi connectivity index (χ3v) is 5.03. The molecule has 0 bridgehead atoms. The standard InChI is InChI=1S/C17H25BrFN/c1-3-9-20-17(13-6-5-12(4-2)10-13)15-11-14(18)7-8-16(15)19/h7-8,11-13,17,20H,3-6,9-10H2,1-2H3. The minimum absolute atomic E-state index is 0.0817. The van der Waals surface area contributed by atoms with Crippen LogP contribution < -0.4 is 5.32 Å². The molecule has 1 N–H and O–H groups in total. The first kappa shape index (κ1) is 16.0. The lowest BCUT2D eigenvalue weighted by molar-refractivity contribution is 0.344. The predicted octanol–water partition coefficient (Wildman–Crippen LogP) is 5.46. The van der Waals surface area contributed by atoms with E-state index in [0.717, 1.165) is 28.9 Å². The summed E-state index contributed by atoms with van der Waals surface area (Å²) in [7, 11) is 0. The van der Waals surface area contributed by atoms with E-state index in [4.69, 9.17) is 0 Å². The molecule has 20 heavy (non-hydrogen) atoms. The summed E-state index contributed by atoms with van der Waals surface area (Å²) in [5, 5.41) is 3.58. The molecule has 3 heteroatoms. The second-order valence-electron chi connectivity index (χ2n) is 5.95. The second kappa shape index (κ2) is 7.56. The van der Waals surface area contributed by atoms with E-state index in [1.165, 1.54) is 25.7 Å². The number of nitrogens with one attached hydrogen (secondary N) is 1. The van der Waals surface area contributed by atoms with Crippen molar-refractivity contribution in [2.75, 3.05) is 6.54 Å². The molecule has 1 aliphatic carbocycles. The molecule has 0 saturated heterocycles. The molecule has 1 fully saturated rings. The lowest BCUT2D eigenvalue weighted by Crippen LogP contribution is -2.29. The highest BCUT2D eigenvalue weighted by Gasteiger charge is 2.32. The van der Waals surface area contributed by atoms with Crippen LogP contribution in [0.3, 0.4) is 0 Å². The van der Waals surface area contributed by atoms with Crippen molar-refractivity contribution in [3.05, 3.63) is 34.1 Å². The summed E-state index contributed by atoms with van der Waals surface area (Å²) in [4.78, 5) is 0. The summed E-state index contributed by atoms with van der Waals surface area (Å²) in [6, 6.07) is 5.46. The van der Waals surface area contributed by atoms with Gasteiger partial charge in [0.15, 0.2) is 0 Å². The summed E-state index contributed by atoms with van der Waals surface area (Å²) in [6.07, 6.45) is 6.06. The average Bonchev–Trinajstić information content (AvgIpc) is 2.92. The van der Waals surface area contributed by atoms with Gasteiger partial charge in [-0.25, -0.2) is 4.39 Å². The van der Waals surface area contributed by atoms with Gasteiger partial charge in [0.1, 0.15) is 5.82 Å². The molecule has 0 amide bonds. The fourth-order valence-electron chi connectivity index (χ4n) is 3.37. The van der Waals surface area contributed by atoms with Gasteiger partial charge in [0, 0.05) is 16.1 Å². The van der Waals surface area contributed by atoms with Crippen LogP contribution in [0.15, 0.2) is 22.7 Å². The number of rotatable bonds is 6. The molecular weight excluding hydrogens is 317 g/mol. The highest BCUT2D eigenvalue weighted by molar-refractivity contribution is 9.10. The fraction of sp³-hybridized carbons (Fsp3) is 0.647. The summed E-state index contributed by atoms with van der Waals surface area (Å²) in [5.41, 5.74) is 0.828. The van der Waals surface area contributed by atoms with E-state index >= 15 is 0 Å². The lowest BCUT2D eigenvalue weighted by atomic mass is 9.90. The van der Waals surface area contributed by atoms with E-state index in [2.05, 4.69) is 35.1 Å². The lowest BCUT2D eigenvalue weighted by Gasteiger charge is -2.26. The van der Waals surface area contributed by atoms with E-state index in [1.807, 2.05) is 6.07 Å². The Balaban J connectivity index is 2.20. The number of halogens is 2. The van der Waals surface area contributed by atoms with Crippen molar-refractivity contribution in [3.63, 3.8) is 0 Å². The predicted molar refractivity (Wildman–Crippen MR) is 86.3 cm³/mol. The van der Waals surface area contributed by atoms with Crippen LogP contribution in [0.4, 0.5) is 4.39 Å². The number of hydrogen-bond acceptors (Lipinski definition) is 1. The average molecular weight is 342 g/mol. The molecule has 1 aromatic carbocycles. The molecule has 1 saturated carbocycles. The maximum absolute atomic E-state index is 14.2. The maximum atomic E-state index is 14.2. The summed E-state index contributed by atoms with van der Waals surface area (Å²) >= 11 is 3.47. The Kier molecular flexibility index (Phi) is 6.03. The van der Waals surface area contributed by atoms with Gasteiger partial charge in [0.25, 0.3) is 0 Å². The van der Waals surface area contributed by atoms with Gasteiger partial charge in [-0.2, -0.15) is 0 Å². The molecule has 0 aromatic heterocycles. The SMILES string of the molecule is CCCNC(c1cc(Br)ccc1F)C1CCC(CC)C1. The van der Waals surface area contributed by atoms with Gasteiger partial charge >= 0.3 is 0 Å². The maximum Gasteiger partial charge on any atom is 0.128 e. The Morgan fingerprint density at radius 3 is 2.80 bits per heavy atom. The van der Waals surface area contributed by atoms with Gasteiger partial charge < -0.3 is 5.32 Å². The van der Waals surface area contributed by atoms with Crippen molar-refractivity contribution >= 4 is 15.9 Å². The van der Waals surface area contributed by atoms with Crippen LogP contribution in [-0.2, 0) is 0 Å². The second-order valence-corrected chi connectivity index (χ2v) is 6.86. The van der Waals surface area contributed by atoms with E-state index < -0.39 is 0 Å². The Morgan fingerprint density at radius 2 is 2.15 bits per heavy atom. The van der Waals surface area contributed by atoms with Gasteiger partial charge in [-0.1, -0.05) is 42.6 Å². The molecule has 1 aliphatic rings. The minimum atomic E-state index is -0.0817. The van der Waals surface area contributed by atoms with Crippen LogP contribution >= 0.6 is 15.9 Å². The Hall–Kier alpha value is -0.410. The first-order valence-electron chi connectivity index (χ1n) is 7.84. The van der Waals surface area contributed by atoms with Crippen molar-refractivity contribution in [3.8, 4) is 0 Å². The van der Waals surface area contributed by atoms with Crippen molar-refractivity contribution in [1.29, 1.82) is 0 Å². The third kappa shape index (κ3) is 3.82. The van der Waals surface area contributed by atoms with Crippen molar-refractivity contribution in [2.24, 2.45) is 11.8 Å². The molecule has 1 aromatic rings. The molecule has 3 unspecified atom stereocenters. The first-order valence-corrected chi connectivity index (χ1v) is 8.63. The highest BCUT2D eigenvalue weighted by Crippen LogP contribution is 2.41. The smallest absolute Gasteiger partial charge is 0.128 e. The minimum Gasteiger partial charge on any atom is -0.310 e. The molecule has 0 spiro atoms. The normalized spacial score (nSPS) is 24.0. The zero-order valence-electron chi connectivity index (χ0n) is 12.5. The number of benzene rings is 1. The largest absolute Gasteiger partial charge is 0.310 e. The Labute approximate surface area is 130 Å². The summed E-state index contributed by atoms with van der Waals surface area (Å²) in [5.74, 6) is 1.30. The van der Waals surface area contributed by atoms with E-state index in [9.17, 15) is 4.39 Å². The van der Waals surface area contributed by atoms with Gasteiger partial charge in [-0.15, -0.1) is 0 Å². The third-order valence-electron chi connectivity index (χ3n) is 4.54. The molecule has 3 atom stereocenters. The van der Waals surface area contributed by atoms with Gasteiger partial charge in [0.05, 0.1) is 0 Å². The van der Waals surface area contributed by atoms with Crippen LogP contribution in [0.25, 0.3) is 0 Å². The fourth-order valence-corrected chi connectivity index (χ4v) is 3.75. The highest BCUT2D eigenvalue weighted by atomic mass is 79.9. The van der Waals surface area contributed by atoms with Crippen LogP contribution in [0, 0.1) is 17.7 Å². The van der Waals surface area contributed by atoms with Crippen LogP contribution in [0.1, 0.15) is 57.6 Å². The Bertz CT molecular complexity index is 435. The van der Waals surface area contributed by atoms with Crippen LogP contribution in [0.2, 0.25) is 0 Å². The van der Waals surface area contributed by atoms with Crippen molar-refractivity contribution in [2.45, 2.75) is 52.0 Å². The number of hydrogen-bond donors (Lipinski definition) is 1. The topological polar surface area (TPSA) is 12.0 Å². The quantitative estimate of drug-likeness (QED) is 0.724. The van der Waals surface area contributed by atoms with Gasteiger partial charge in [0.2, 0.25) is 0 Å². The summed E-state index contributed by atoms with van der Waals surface area (Å²) < 4.78 is 15.2. The Morgan fingerprint density at radius 1 is 1.35 bits per heavy atom. The molecular formula is C17H25BrFN. The summed E-state index contributed by atoms with van der Waals surface area (Å²) in [6.45, 7) is 5.37. The zero-order chi connectivity index (χ0) is 14.5. The molecule has 0 heterocycles. The van der Waals surface area contributed by atoms with Crippen molar-refractivity contribution in [1.82, 2.24) is 5.32 Å². The molecule has 2 rings (SSSR count). The van der Waals surface area contributed by atoms with E-state index in [1.54, 1.807) is 12.1 Å². The monoisotopic (exact) mass is 341 g/mol. The molecule has 1 nitrogen and oxygen atoms in total. The van der Waals surface area contributed by atoms with Crippen molar-refractivity contribution < 1.29 is 4.39 Å². The van der Waals surface area contributed by atoms with E-state index in [-0.39, 0.29) is 11.9 Å². The van der Waals surface area contributed by atoms with Crippen LogP contribution in [-0.4, -0.2) is 6.54 Å². The molecule has 112 valence electrons. The van der Waals surface area contributed by atoms with Gasteiger partial charge in [-0.3, -0.25) is 0 Å². The van der Waals surface area contributed by atoms with Crippen LogP contribution in [0.5, 0.6) is 0 Å². The van der Waals surface area contributed by atoms with Gasteiger partial charge in [-0.05, 0) is 55.8 Å². The first-order chi connectivity index (χ1) is 9.65. The molecule has 0 aliphatic heterocycles.